The smallest absolute Gasteiger partial charge is 0.220 e. The number of aromatic hydroxyl groups is 1. The van der Waals surface area contributed by atoms with Crippen molar-refractivity contribution in [3.63, 3.8) is 0 Å². The number of amides is 1. The molecular formula is C20H33IN4O2. The Kier molecular flexibility index (Phi) is 9.90. The van der Waals surface area contributed by atoms with Crippen LogP contribution in [0.3, 0.4) is 0 Å². The van der Waals surface area contributed by atoms with E-state index in [0.717, 1.165) is 55.1 Å². The summed E-state index contributed by atoms with van der Waals surface area (Å²) in [6.07, 6.45) is 2.63. The number of carbonyl (C=O) groups excluding carboxylic acids is 1. The summed E-state index contributed by atoms with van der Waals surface area (Å²) >= 11 is 0. The molecular weight excluding hydrogens is 455 g/mol. The molecule has 1 aromatic carbocycles. The lowest BCUT2D eigenvalue weighted by atomic mass is 9.93. The molecule has 0 atom stereocenters. The highest BCUT2D eigenvalue weighted by Crippen LogP contribution is 2.24. The van der Waals surface area contributed by atoms with Gasteiger partial charge in [-0.05, 0) is 56.2 Å². The van der Waals surface area contributed by atoms with Crippen molar-refractivity contribution in [2.75, 3.05) is 26.7 Å². The molecule has 27 heavy (non-hydrogen) atoms. The molecule has 0 bridgehead atoms. The Hall–Kier alpha value is -1.51. The van der Waals surface area contributed by atoms with Gasteiger partial charge in [0.1, 0.15) is 5.75 Å². The predicted molar refractivity (Wildman–Crippen MR) is 121 cm³/mol. The van der Waals surface area contributed by atoms with Crippen LogP contribution in [-0.2, 0) is 11.3 Å². The number of aryl methyl sites for hydroxylation is 2. The van der Waals surface area contributed by atoms with Gasteiger partial charge < -0.3 is 20.6 Å². The van der Waals surface area contributed by atoms with E-state index in [4.69, 9.17) is 4.99 Å². The second kappa shape index (κ2) is 11.4. The van der Waals surface area contributed by atoms with E-state index < -0.39 is 0 Å². The van der Waals surface area contributed by atoms with Crippen LogP contribution in [-0.4, -0.2) is 48.6 Å². The molecule has 1 aliphatic rings. The van der Waals surface area contributed by atoms with Gasteiger partial charge in [-0.15, -0.1) is 24.0 Å². The molecule has 1 fully saturated rings. The third-order valence-corrected chi connectivity index (χ3v) is 4.96. The third-order valence-electron chi connectivity index (χ3n) is 4.96. The summed E-state index contributed by atoms with van der Waals surface area (Å²) in [6, 6.07) is 3.98. The fourth-order valence-electron chi connectivity index (χ4n) is 3.44. The van der Waals surface area contributed by atoms with Crippen LogP contribution >= 0.6 is 24.0 Å². The molecule has 3 N–H and O–H groups in total. The van der Waals surface area contributed by atoms with E-state index in [0.29, 0.717) is 24.6 Å². The van der Waals surface area contributed by atoms with Crippen LogP contribution in [0.15, 0.2) is 17.1 Å². The topological polar surface area (TPSA) is 77.0 Å². The maximum atomic E-state index is 11.6. The van der Waals surface area contributed by atoms with Crippen LogP contribution in [0.2, 0.25) is 0 Å². The maximum Gasteiger partial charge on any atom is 0.220 e. The number of phenolic OH excluding ortho intramolecular Hbond substituents is 1. The number of halogens is 1. The molecule has 1 aliphatic heterocycles. The van der Waals surface area contributed by atoms with E-state index in [1.54, 1.807) is 7.05 Å². The normalized spacial score (nSPS) is 15.3. The van der Waals surface area contributed by atoms with E-state index in [-0.39, 0.29) is 29.9 Å². The lowest BCUT2D eigenvalue weighted by molar-refractivity contribution is -0.121. The molecule has 1 saturated heterocycles. The third kappa shape index (κ3) is 6.86. The number of carbonyl (C=O) groups is 1. The second-order valence-electron chi connectivity index (χ2n) is 7.06. The second-order valence-corrected chi connectivity index (χ2v) is 7.06. The van der Waals surface area contributed by atoms with Crippen LogP contribution in [0.4, 0.5) is 0 Å². The largest absolute Gasteiger partial charge is 0.507 e. The van der Waals surface area contributed by atoms with Gasteiger partial charge in [0.2, 0.25) is 5.91 Å². The lowest BCUT2D eigenvalue weighted by Gasteiger charge is -2.34. The predicted octanol–water partition coefficient (Wildman–Crippen LogP) is 2.94. The molecule has 7 heteroatoms. The van der Waals surface area contributed by atoms with Crippen molar-refractivity contribution in [2.24, 2.45) is 10.9 Å². The van der Waals surface area contributed by atoms with E-state index >= 15 is 0 Å². The summed E-state index contributed by atoms with van der Waals surface area (Å²) < 4.78 is 0. The lowest BCUT2D eigenvalue weighted by Crippen LogP contribution is -2.46. The number of aliphatic imine (C=N–C) groups is 1. The van der Waals surface area contributed by atoms with Crippen molar-refractivity contribution in [3.05, 3.63) is 28.8 Å². The standard InChI is InChI=1S/C20H32N4O2.HI/c1-5-22-20(23-13-17-10-14(2)19(26)15(3)11-17)24-8-6-16(7-9-24)12-18(25)21-4;/h10-11,16,26H,5-9,12-13H2,1-4H3,(H,21,25)(H,22,23);1H. The summed E-state index contributed by atoms with van der Waals surface area (Å²) in [5.41, 5.74) is 2.87. The minimum Gasteiger partial charge on any atom is -0.507 e. The van der Waals surface area contributed by atoms with Crippen molar-refractivity contribution in [2.45, 2.75) is 46.6 Å². The molecule has 2 rings (SSSR count). The zero-order valence-electron chi connectivity index (χ0n) is 16.8. The van der Waals surface area contributed by atoms with Crippen molar-refractivity contribution >= 4 is 35.8 Å². The van der Waals surface area contributed by atoms with Crippen molar-refractivity contribution < 1.29 is 9.90 Å². The maximum absolute atomic E-state index is 11.6. The fraction of sp³-hybridized carbons (Fsp3) is 0.600. The number of hydrogen-bond acceptors (Lipinski definition) is 3. The summed E-state index contributed by atoms with van der Waals surface area (Å²) in [7, 11) is 1.69. The number of nitrogens with zero attached hydrogens (tertiary/aromatic N) is 2. The van der Waals surface area contributed by atoms with Crippen molar-refractivity contribution in [3.8, 4) is 5.75 Å². The molecule has 0 aliphatic carbocycles. The number of rotatable bonds is 5. The molecule has 1 amide bonds. The van der Waals surface area contributed by atoms with Gasteiger partial charge in [-0.25, -0.2) is 4.99 Å². The van der Waals surface area contributed by atoms with E-state index in [2.05, 4.69) is 22.5 Å². The highest BCUT2D eigenvalue weighted by atomic mass is 127. The molecule has 0 spiro atoms. The number of likely N-dealkylation sites (tertiary alicyclic amines) is 1. The first-order chi connectivity index (χ1) is 12.4. The minimum absolute atomic E-state index is 0. The van der Waals surface area contributed by atoms with Gasteiger partial charge in [0, 0.05) is 33.1 Å². The SMILES string of the molecule is CCNC(=NCc1cc(C)c(O)c(C)c1)N1CCC(CC(=O)NC)CC1.I. The molecule has 0 unspecified atom stereocenters. The van der Waals surface area contributed by atoms with Gasteiger partial charge in [-0.2, -0.15) is 0 Å². The average molecular weight is 488 g/mol. The highest BCUT2D eigenvalue weighted by Gasteiger charge is 2.23. The first-order valence-electron chi connectivity index (χ1n) is 9.47. The van der Waals surface area contributed by atoms with Crippen LogP contribution in [0.5, 0.6) is 5.75 Å². The summed E-state index contributed by atoms with van der Waals surface area (Å²) in [6.45, 7) is 9.15. The highest BCUT2D eigenvalue weighted by molar-refractivity contribution is 14.0. The zero-order chi connectivity index (χ0) is 19.1. The van der Waals surface area contributed by atoms with Gasteiger partial charge in [-0.1, -0.05) is 12.1 Å². The first-order valence-corrected chi connectivity index (χ1v) is 9.47. The average Bonchev–Trinajstić information content (AvgIpc) is 2.63. The number of nitrogens with one attached hydrogen (secondary N) is 2. The zero-order valence-corrected chi connectivity index (χ0v) is 19.2. The van der Waals surface area contributed by atoms with Gasteiger partial charge in [-0.3, -0.25) is 4.79 Å². The first kappa shape index (κ1) is 23.5. The summed E-state index contributed by atoms with van der Waals surface area (Å²) in [5.74, 6) is 1.87. The molecule has 0 radical (unpaired) electrons. The summed E-state index contributed by atoms with van der Waals surface area (Å²) in [4.78, 5) is 18.6. The van der Waals surface area contributed by atoms with Crippen molar-refractivity contribution in [1.29, 1.82) is 0 Å². The number of hydrogen-bond donors (Lipinski definition) is 3. The van der Waals surface area contributed by atoms with Crippen LogP contribution in [0, 0.1) is 19.8 Å². The van der Waals surface area contributed by atoms with E-state index in [9.17, 15) is 9.90 Å². The monoisotopic (exact) mass is 488 g/mol. The van der Waals surface area contributed by atoms with Crippen LogP contribution < -0.4 is 10.6 Å². The van der Waals surface area contributed by atoms with Gasteiger partial charge in [0.05, 0.1) is 6.54 Å². The molecule has 0 saturated carbocycles. The fourth-order valence-corrected chi connectivity index (χ4v) is 3.44. The molecule has 1 aromatic rings. The number of phenols is 1. The Morgan fingerprint density at radius 2 is 1.85 bits per heavy atom. The van der Waals surface area contributed by atoms with Gasteiger partial charge >= 0.3 is 0 Å². The molecule has 0 aromatic heterocycles. The molecule has 1 heterocycles. The Morgan fingerprint density at radius 3 is 2.37 bits per heavy atom. The minimum atomic E-state index is 0. The van der Waals surface area contributed by atoms with Crippen LogP contribution in [0.1, 0.15) is 42.9 Å². The van der Waals surface area contributed by atoms with Gasteiger partial charge in [0.15, 0.2) is 5.96 Å². The Bertz CT molecular complexity index is 632. The Balaban J connectivity index is 0.00000364. The van der Waals surface area contributed by atoms with Gasteiger partial charge in [0.25, 0.3) is 0 Å². The number of piperidine rings is 1. The number of guanidine groups is 1. The van der Waals surface area contributed by atoms with E-state index in [1.165, 1.54) is 0 Å². The van der Waals surface area contributed by atoms with Crippen LogP contribution in [0.25, 0.3) is 0 Å². The Morgan fingerprint density at radius 1 is 1.26 bits per heavy atom. The Labute approximate surface area is 179 Å². The molecule has 152 valence electrons. The quantitative estimate of drug-likeness (QED) is 0.339. The van der Waals surface area contributed by atoms with Crippen molar-refractivity contribution in [1.82, 2.24) is 15.5 Å². The van der Waals surface area contributed by atoms with E-state index in [1.807, 2.05) is 26.0 Å². The molecule has 6 nitrogen and oxygen atoms in total. The number of benzene rings is 1. The summed E-state index contributed by atoms with van der Waals surface area (Å²) in [5, 5.41) is 16.0.